The molecule has 4 nitrogen and oxygen atoms in total. The highest BCUT2D eigenvalue weighted by Gasteiger charge is 2.27. The Labute approximate surface area is 128 Å². The molecule has 3 rings (SSSR count). The van der Waals surface area contributed by atoms with Gasteiger partial charge in [-0.15, -0.1) is 0 Å². The van der Waals surface area contributed by atoms with Crippen molar-refractivity contribution in [1.82, 2.24) is 0 Å². The van der Waals surface area contributed by atoms with E-state index in [1.54, 1.807) is 0 Å². The van der Waals surface area contributed by atoms with E-state index in [9.17, 15) is 0 Å². The second kappa shape index (κ2) is 5.27. The van der Waals surface area contributed by atoms with Gasteiger partial charge in [-0.2, -0.15) is 20.5 Å². The molecule has 0 aliphatic heterocycles. The predicted molar refractivity (Wildman–Crippen MR) is 84.9 cm³/mol. The van der Waals surface area contributed by atoms with Gasteiger partial charge < -0.3 is 0 Å². The molecule has 0 radical (unpaired) electrons. The predicted octanol–water partition coefficient (Wildman–Crippen LogP) is 3.25. The molecule has 4 heteroatoms. The van der Waals surface area contributed by atoms with Gasteiger partial charge in [0, 0.05) is 22.3 Å². The molecule has 0 saturated heterocycles. The second-order valence-electron chi connectivity index (χ2n) is 5.15. The van der Waals surface area contributed by atoms with E-state index in [1.807, 2.05) is 62.6 Å². The molecule has 0 aromatic heterocycles. The van der Waals surface area contributed by atoms with Crippen LogP contribution in [-0.4, -0.2) is 11.4 Å². The minimum atomic E-state index is 0.632. The van der Waals surface area contributed by atoms with Crippen molar-refractivity contribution in [3.05, 3.63) is 69.8 Å². The minimum absolute atomic E-state index is 0.632. The molecular weight excluding hydrogens is 272 g/mol. The molecular formula is C18H12N4. The van der Waals surface area contributed by atoms with E-state index in [0.717, 1.165) is 33.4 Å². The largest absolute Gasteiger partial charge is 0.206 e. The molecule has 0 atom stereocenters. The lowest BCUT2D eigenvalue weighted by Crippen LogP contribution is -2.22. The van der Waals surface area contributed by atoms with E-state index < -0.39 is 0 Å². The molecule has 22 heavy (non-hydrogen) atoms. The van der Waals surface area contributed by atoms with Crippen molar-refractivity contribution in [2.45, 2.75) is 13.8 Å². The number of nitriles is 2. The molecule has 0 amide bonds. The van der Waals surface area contributed by atoms with Gasteiger partial charge in [0.25, 0.3) is 0 Å². The average molecular weight is 284 g/mol. The van der Waals surface area contributed by atoms with Crippen molar-refractivity contribution >= 4 is 11.4 Å². The molecule has 0 fully saturated rings. The highest BCUT2D eigenvalue weighted by molar-refractivity contribution is 6.32. The number of aryl methyl sites for hydroxylation is 2. The summed E-state index contributed by atoms with van der Waals surface area (Å²) in [5.41, 5.74) is 6.83. The van der Waals surface area contributed by atoms with E-state index in [4.69, 9.17) is 10.5 Å². The molecule has 0 unspecified atom stereocenters. The van der Waals surface area contributed by atoms with E-state index in [0.29, 0.717) is 11.4 Å². The van der Waals surface area contributed by atoms with Crippen LogP contribution in [0.4, 0.5) is 0 Å². The Balaban J connectivity index is 2.45. The number of nitrogens with zero attached hydrogens (tertiary/aromatic N) is 4. The lowest BCUT2D eigenvalue weighted by atomic mass is 9.81. The highest BCUT2D eigenvalue weighted by Crippen LogP contribution is 2.30. The zero-order valence-electron chi connectivity index (χ0n) is 12.3. The maximum atomic E-state index is 9.04. The summed E-state index contributed by atoms with van der Waals surface area (Å²) >= 11 is 0. The van der Waals surface area contributed by atoms with Gasteiger partial charge in [0.05, 0.1) is 11.4 Å². The quantitative estimate of drug-likeness (QED) is 0.594. The first-order valence-electron chi connectivity index (χ1n) is 6.82. The monoisotopic (exact) mass is 284 g/mol. The van der Waals surface area contributed by atoms with Crippen molar-refractivity contribution in [2.75, 3.05) is 0 Å². The number of rotatable bonds is 0. The molecule has 1 aliphatic rings. The first kappa shape index (κ1) is 13.7. The fourth-order valence-corrected chi connectivity index (χ4v) is 2.74. The van der Waals surface area contributed by atoms with Crippen LogP contribution in [0.25, 0.3) is 0 Å². The minimum Gasteiger partial charge on any atom is -0.172 e. The van der Waals surface area contributed by atoms with Crippen LogP contribution in [-0.2, 0) is 0 Å². The van der Waals surface area contributed by atoms with E-state index >= 15 is 0 Å². The molecule has 2 aromatic rings. The van der Waals surface area contributed by atoms with Gasteiger partial charge in [0.2, 0.25) is 12.4 Å². The van der Waals surface area contributed by atoms with Gasteiger partial charge >= 0.3 is 0 Å². The SMILES string of the molecule is Cc1cc2c(cc1C)C(=NC#N)c1ccccc1C2=NC#N. The van der Waals surface area contributed by atoms with Crippen LogP contribution in [0.15, 0.2) is 46.4 Å². The third-order valence-corrected chi connectivity index (χ3v) is 3.91. The summed E-state index contributed by atoms with van der Waals surface area (Å²) in [4.78, 5) is 8.03. The maximum Gasteiger partial charge on any atom is 0.206 e. The number of aliphatic imine (C=N–C) groups is 2. The molecule has 104 valence electrons. The van der Waals surface area contributed by atoms with Crippen LogP contribution >= 0.6 is 0 Å². The van der Waals surface area contributed by atoms with Crippen LogP contribution in [0, 0.1) is 36.8 Å². The fourth-order valence-electron chi connectivity index (χ4n) is 2.74. The van der Waals surface area contributed by atoms with Crippen molar-refractivity contribution < 1.29 is 0 Å². The number of hydrogen-bond acceptors (Lipinski definition) is 4. The molecule has 0 spiro atoms. The molecule has 0 N–H and O–H groups in total. The summed E-state index contributed by atoms with van der Waals surface area (Å²) in [6, 6.07) is 11.6. The Kier molecular flexibility index (Phi) is 3.29. The Hall–Kier alpha value is -3.24. The first-order chi connectivity index (χ1) is 10.7. The van der Waals surface area contributed by atoms with Crippen LogP contribution < -0.4 is 0 Å². The summed E-state index contributed by atoms with van der Waals surface area (Å²) < 4.78 is 0. The van der Waals surface area contributed by atoms with Crippen LogP contribution in [0.5, 0.6) is 0 Å². The number of benzene rings is 2. The number of hydrogen-bond donors (Lipinski definition) is 0. The maximum absolute atomic E-state index is 9.04. The summed E-state index contributed by atoms with van der Waals surface area (Å²) in [6.45, 7) is 4.03. The van der Waals surface area contributed by atoms with E-state index in [2.05, 4.69) is 9.98 Å². The van der Waals surface area contributed by atoms with Crippen molar-refractivity contribution in [3.8, 4) is 12.4 Å². The number of fused-ring (bicyclic) bond motifs is 2. The van der Waals surface area contributed by atoms with E-state index in [-0.39, 0.29) is 0 Å². The fraction of sp³-hybridized carbons (Fsp3) is 0.111. The van der Waals surface area contributed by atoms with Gasteiger partial charge in [-0.1, -0.05) is 24.3 Å². The zero-order chi connectivity index (χ0) is 15.7. The van der Waals surface area contributed by atoms with Gasteiger partial charge in [-0.3, -0.25) is 0 Å². The van der Waals surface area contributed by atoms with Gasteiger partial charge in [-0.05, 0) is 37.1 Å². The third kappa shape index (κ3) is 1.99. The lowest BCUT2D eigenvalue weighted by molar-refractivity contribution is 1.30. The summed E-state index contributed by atoms with van der Waals surface area (Å²) in [7, 11) is 0. The smallest absolute Gasteiger partial charge is 0.172 e. The van der Waals surface area contributed by atoms with Crippen molar-refractivity contribution in [3.63, 3.8) is 0 Å². The van der Waals surface area contributed by atoms with Crippen molar-refractivity contribution in [1.29, 1.82) is 10.5 Å². The summed E-state index contributed by atoms with van der Waals surface area (Å²) in [5.74, 6) is 0. The van der Waals surface area contributed by atoms with E-state index in [1.165, 1.54) is 0 Å². The molecule has 2 aromatic carbocycles. The Bertz CT molecular complexity index is 845. The van der Waals surface area contributed by atoms with Gasteiger partial charge in [0.1, 0.15) is 0 Å². The standard InChI is InChI=1S/C18H12N4/c1-11-7-15-16(8-12(11)2)18(22-10-20)14-6-4-3-5-13(14)17(15)21-9-19/h3-8H,1-2H3. The Morgan fingerprint density at radius 2 is 1.14 bits per heavy atom. The average Bonchev–Trinajstić information content (AvgIpc) is 2.52. The topological polar surface area (TPSA) is 72.3 Å². The van der Waals surface area contributed by atoms with Crippen molar-refractivity contribution in [2.24, 2.45) is 9.98 Å². The van der Waals surface area contributed by atoms with Crippen LogP contribution in [0.2, 0.25) is 0 Å². The van der Waals surface area contributed by atoms with Gasteiger partial charge in [-0.25, -0.2) is 0 Å². The van der Waals surface area contributed by atoms with Gasteiger partial charge in [0.15, 0.2) is 0 Å². The van der Waals surface area contributed by atoms with Crippen LogP contribution in [0.1, 0.15) is 33.4 Å². The van der Waals surface area contributed by atoms with Crippen LogP contribution in [0.3, 0.4) is 0 Å². The summed E-state index contributed by atoms with van der Waals surface area (Å²) in [5, 5.41) is 18.1. The molecule has 0 saturated carbocycles. The zero-order valence-corrected chi connectivity index (χ0v) is 12.3. The Morgan fingerprint density at radius 3 is 1.50 bits per heavy atom. The molecule has 1 aliphatic carbocycles. The molecule has 0 heterocycles. The summed E-state index contributed by atoms with van der Waals surface area (Å²) in [6.07, 6.45) is 3.77. The Morgan fingerprint density at radius 1 is 0.727 bits per heavy atom. The normalized spacial score (nSPS) is 15.8. The highest BCUT2D eigenvalue weighted by atomic mass is 14.8. The molecule has 0 bridgehead atoms. The third-order valence-electron chi connectivity index (χ3n) is 3.91. The first-order valence-corrected chi connectivity index (χ1v) is 6.82. The lowest BCUT2D eigenvalue weighted by Gasteiger charge is -2.23. The second-order valence-corrected chi connectivity index (χ2v) is 5.15.